The Morgan fingerprint density at radius 2 is 1.58 bits per heavy atom. The van der Waals surface area contributed by atoms with Crippen molar-refractivity contribution in [1.82, 2.24) is 31.5 Å². The van der Waals surface area contributed by atoms with Crippen LogP contribution < -0.4 is 42.8 Å². The molecule has 3 rings (SSSR count). The molecule has 5 unspecified atom stereocenters. The van der Waals surface area contributed by atoms with Crippen LogP contribution in [0, 0.1) is 0 Å². The zero-order valence-electron chi connectivity index (χ0n) is 39.5. The van der Waals surface area contributed by atoms with Crippen LogP contribution in [0.2, 0.25) is 0 Å². The number of carbonyl (C=O) groups is 7. The molecule has 1 aliphatic heterocycles. The standard InChI is InChI=1S/C48H74N8O10/c1-6-7-8-9-10-11-12-15-24-51-25-21-43(60)54-38(16-13-14-22-49)48(64)56(5)44-35-18-20-42(65-26-23-50)37(29-35)36-27-34(17-19-40(36)58)28-39(55-45(61)32(3)53-47(44)63)46(62)52-31(2)41(59)30-66-33(4)57/h17-20,27,29,31-32,38-39,44,51,58H,6-16,21-26,28,30,49-50H2,1-5H3,(H,52,62)(H,53,63)(H,54,60)(H,55,61). The molecule has 2 aromatic carbocycles. The van der Waals surface area contributed by atoms with Crippen molar-refractivity contribution in [1.29, 1.82) is 0 Å². The van der Waals surface area contributed by atoms with Gasteiger partial charge in [0.05, 0.1) is 6.04 Å². The van der Waals surface area contributed by atoms with E-state index in [2.05, 4.69) is 33.5 Å². The number of rotatable bonds is 27. The third kappa shape index (κ3) is 18.0. The number of hydrogen-bond acceptors (Lipinski definition) is 13. The smallest absolute Gasteiger partial charge is 0.303 e. The maximum Gasteiger partial charge on any atom is 0.303 e. The third-order valence-electron chi connectivity index (χ3n) is 11.4. The topological polar surface area (TPSA) is 274 Å². The number of fused-ring (bicyclic) bond motifs is 5. The highest BCUT2D eigenvalue weighted by Crippen LogP contribution is 2.39. The summed E-state index contributed by atoms with van der Waals surface area (Å²) >= 11 is 0. The summed E-state index contributed by atoms with van der Waals surface area (Å²) in [6.07, 6.45) is 11.0. The number of ketones is 1. The Kier molecular flexibility index (Phi) is 24.2. The number of likely N-dealkylation sites (N-methyl/N-ethyl adjacent to an activating group) is 1. The Labute approximate surface area is 389 Å². The van der Waals surface area contributed by atoms with Gasteiger partial charge in [-0.25, -0.2) is 0 Å². The van der Waals surface area contributed by atoms with Crippen LogP contribution in [0.1, 0.15) is 122 Å². The zero-order valence-corrected chi connectivity index (χ0v) is 39.5. The van der Waals surface area contributed by atoms with E-state index in [0.717, 1.165) is 26.3 Å². The number of nitrogens with two attached hydrogens (primary N) is 2. The van der Waals surface area contributed by atoms with Crippen LogP contribution in [0.4, 0.5) is 0 Å². The second kappa shape index (κ2) is 29.1. The van der Waals surface area contributed by atoms with Crippen LogP contribution >= 0.6 is 0 Å². The van der Waals surface area contributed by atoms with E-state index in [1.807, 2.05) is 0 Å². The minimum atomic E-state index is -1.38. The van der Waals surface area contributed by atoms with Crippen LogP contribution in [0.5, 0.6) is 11.5 Å². The monoisotopic (exact) mass is 923 g/mol. The van der Waals surface area contributed by atoms with Gasteiger partial charge in [0.25, 0.3) is 0 Å². The maximum atomic E-state index is 14.6. The molecule has 66 heavy (non-hydrogen) atoms. The average Bonchev–Trinajstić information content (AvgIpc) is 3.28. The minimum absolute atomic E-state index is 0.105. The van der Waals surface area contributed by atoms with Crippen molar-refractivity contribution >= 4 is 41.3 Å². The molecule has 1 heterocycles. The van der Waals surface area contributed by atoms with Crippen molar-refractivity contribution in [3.05, 3.63) is 47.5 Å². The average molecular weight is 923 g/mol. The zero-order chi connectivity index (χ0) is 48.6. The molecule has 10 N–H and O–H groups in total. The fourth-order valence-electron chi connectivity index (χ4n) is 7.59. The van der Waals surface area contributed by atoms with Gasteiger partial charge in [0.2, 0.25) is 29.5 Å². The van der Waals surface area contributed by atoms with E-state index in [4.69, 9.17) is 20.9 Å². The summed E-state index contributed by atoms with van der Waals surface area (Å²) in [7, 11) is 1.44. The van der Waals surface area contributed by atoms with E-state index in [-0.39, 0.29) is 49.6 Å². The molecule has 18 heteroatoms. The SMILES string of the molecule is CCCCCCCCCCNCCC(=O)NC(CCCCN)C(=O)N(C)C1C(=O)NC(C)C(=O)NC(C(=O)NC(C)C(=O)COC(C)=O)Cc2ccc(O)c(c2)-c2cc1ccc2OCCN. The Balaban J connectivity index is 1.96. The number of unbranched alkanes of at least 4 members (excludes halogenated alkanes) is 8. The number of amides is 5. The highest BCUT2D eigenvalue weighted by atomic mass is 16.5. The first kappa shape index (κ1) is 54.7. The van der Waals surface area contributed by atoms with E-state index in [1.54, 1.807) is 30.3 Å². The van der Waals surface area contributed by atoms with Crippen molar-refractivity contribution in [2.75, 3.05) is 46.4 Å². The van der Waals surface area contributed by atoms with Gasteiger partial charge in [-0.15, -0.1) is 0 Å². The van der Waals surface area contributed by atoms with Crippen molar-refractivity contribution in [2.24, 2.45) is 11.5 Å². The van der Waals surface area contributed by atoms with Crippen molar-refractivity contribution < 1.29 is 48.1 Å². The molecule has 0 aromatic heterocycles. The number of hydrogen-bond donors (Lipinski definition) is 8. The first-order valence-electron chi connectivity index (χ1n) is 23.4. The highest BCUT2D eigenvalue weighted by molar-refractivity contribution is 5.97. The molecule has 4 bridgehead atoms. The van der Waals surface area contributed by atoms with Gasteiger partial charge >= 0.3 is 5.97 Å². The summed E-state index contributed by atoms with van der Waals surface area (Å²) in [6.45, 7) is 7.48. The molecule has 0 saturated heterocycles. The van der Waals surface area contributed by atoms with Gasteiger partial charge < -0.3 is 57.5 Å². The van der Waals surface area contributed by atoms with Crippen LogP contribution in [0.3, 0.4) is 0 Å². The van der Waals surface area contributed by atoms with Gasteiger partial charge in [0, 0.05) is 51.0 Å². The summed E-state index contributed by atoms with van der Waals surface area (Å²) in [4.78, 5) is 95.1. The number of Topliss-reactive ketones (excluding diaryl/α,β-unsaturated/α-hetero) is 1. The Morgan fingerprint density at radius 3 is 2.26 bits per heavy atom. The number of benzene rings is 2. The molecule has 5 atom stereocenters. The number of phenolic OH excluding ortho intramolecular Hbond substituents is 1. The number of carbonyl (C=O) groups excluding carboxylic acids is 7. The molecule has 18 nitrogen and oxygen atoms in total. The lowest BCUT2D eigenvalue weighted by Gasteiger charge is -2.32. The second-order valence-corrected chi connectivity index (χ2v) is 16.9. The van der Waals surface area contributed by atoms with Gasteiger partial charge in [0.1, 0.15) is 42.3 Å². The third-order valence-corrected chi connectivity index (χ3v) is 11.4. The number of ether oxygens (including phenoxy) is 2. The molecule has 5 amide bonds. The predicted molar refractivity (Wildman–Crippen MR) is 251 cm³/mol. The maximum absolute atomic E-state index is 14.6. The van der Waals surface area contributed by atoms with Gasteiger partial charge in [-0.2, -0.15) is 0 Å². The lowest BCUT2D eigenvalue weighted by atomic mass is 9.93. The van der Waals surface area contributed by atoms with Gasteiger partial charge in [-0.05, 0) is 88.0 Å². The molecule has 0 spiro atoms. The van der Waals surface area contributed by atoms with E-state index in [9.17, 15) is 38.7 Å². The fourth-order valence-corrected chi connectivity index (χ4v) is 7.59. The fraction of sp³-hybridized carbons (Fsp3) is 0.604. The van der Waals surface area contributed by atoms with Gasteiger partial charge in [0.15, 0.2) is 12.4 Å². The predicted octanol–water partition coefficient (Wildman–Crippen LogP) is 2.81. The van der Waals surface area contributed by atoms with E-state index >= 15 is 0 Å². The normalized spacial score (nSPS) is 17.0. The summed E-state index contributed by atoms with van der Waals surface area (Å²) in [5.41, 5.74) is 13.0. The molecule has 366 valence electrons. The molecular weight excluding hydrogens is 849 g/mol. The molecule has 0 radical (unpaired) electrons. The van der Waals surface area contributed by atoms with E-state index in [1.165, 1.54) is 70.4 Å². The van der Waals surface area contributed by atoms with Crippen LogP contribution in [0.25, 0.3) is 11.1 Å². The van der Waals surface area contributed by atoms with Gasteiger partial charge in [-0.1, -0.05) is 64.0 Å². The largest absolute Gasteiger partial charge is 0.507 e. The molecular formula is C48H74N8O10. The van der Waals surface area contributed by atoms with Crippen LogP contribution in [0.15, 0.2) is 36.4 Å². The summed E-state index contributed by atoms with van der Waals surface area (Å²) < 4.78 is 10.8. The van der Waals surface area contributed by atoms with Crippen LogP contribution in [-0.2, 0) is 44.7 Å². The Morgan fingerprint density at radius 1 is 0.864 bits per heavy atom. The first-order valence-corrected chi connectivity index (χ1v) is 23.4. The minimum Gasteiger partial charge on any atom is -0.507 e. The quantitative estimate of drug-likeness (QED) is 0.0474. The van der Waals surface area contributed by atoms with Crippen LogP contribution in [-0.4, -0.2) is 122 Å². The lowest BCUT2D eigenvalue weighted by molar-refractivity contribution is -0.146. The first-order chi connectivity index (χ1) is 31.6. The number of nitrogens with zero attached hydrogens (tertiary/aromatic N) is 1. The van der Waals surface area contributed by atoms with E-state index in [0.29, 0.717) is 48.4 Å². The highest BCUT2D eigenvalue weighted by Gasteiger charge is 2.36. The summed E-state index contributed by atoms with van der Waals surface area (Å²) in [6, 6.07) is 3.37. The van der Waals surface area contributed by atoms with Gasteiger partial charge in [-0.3, -0.25) is 33.6 Å². The lowest BCUT2D eigenvalue weighted by Crippen LogP contribution is -2.57. The number of phenols is 1. The van der Waals surface area contributed by atoms with Crippen molar-refractivity contribution in [3.8, 4) is 22.6 Å². The van der Waals surface area contributed by atoms with Crippen molar-refractivity contribution in [3.63, 3.8) is 0 Å². The molecule has 0 saturated carbocycles. The molecule has 0 aliphatic carbocycles. The molecule has 2 aromatic rings. The molecule has 1 aliphatic rings. The Bertz CT molecular complexity index is 1930. The Hall–Kier alpha value is -5.59. The number of esters is 1. The van der Waals surface area contributed by atoms with E-state index < -0.39 is 72.2 Å². The summed E-state index contributed by atoms with van der Waals surface area (Å²) in [5, 5.41) is 25.5. The van der Waals surface area contributed by atoms with Crippen molar-refractivity contribution in [2.45, 2.75) is 141 Å². The summed E-state index contributed by atoms with van der Waals surface area (Å²) in [5.74, 6) is -4.28. The second-order valence-electron chi connectivity index (χ2n) is 16.9. The molecule has 0 fully saturated rings. The number of aromatic hydroxyl groups is 1. The number of nitrogens with one attached hydrogen (secondary N) is 5.